The summed E-state index contributed by atoms with van der Waals surface area (Å²) in [5, 5.41) is 25.1. The number of aromatic hydroxyl groups is 1. The number of amides is 2. The van der Waals surface area contributed by atoms with Crippen LogP contribution in [0.5, 0.6) is 5.75 Å². The van der Waals surface area contributed by atoms with Gasteiger partial charge in [-0.2, -0.15) is 0 Å². The number of anilines is 1. The maximum absolute atomic E-state index is 12.4. The van der Waals surface area contributed by atoms with E-state index >= 15 is 0 Å². The predicted octanol–water partition coefficient (Wildman–Crippen LogP) is 1.99. The average molecular weight is 343 g/mol. The molecule has 3 N–H and O–H groups in total. The van der Waals surface area contributed by atoms with Crippen molar-refractivity contribution in [3.63, 3.8) is 0 Å². The number of nitrogens with zero attached hydrogens (tertiary/aromatic N) is 1. The summed E-state index contributed by atoms with van der Waals surface area (Å²) < 4.78 is 0. The number of nitro groups is 1. The largest absolute Gasteiger partial charge is 0.508 e. The van der Waals surface area contributed by atoms with Gasteiger partial charge in [-0.25, -0.2) is 0 Å². The van der Waals surface area contributed by atoms with Crippen molar-refractivity contribution in [2.75, 3.05) is 5.32 Å². The number of phenolic OH excluding ortho intramolecular Hbond substituents is 1. The molecule has 0 saturated carbocycles. The Kier molecular flexibility index (Phi) is 5.67. The van der Waals surface area contributed by atoms with Gasteiger partial charge in [0.05, 0.1) is 4.92 Å². The van der Waals surface area contributed by atoms with Crippen LogP contribution >= 0.6 is 0 Å². The van der Waals surface area contributed by atoms with Gasteiger partial charge < -0.3 is 15.7 Å². The molecule has 0 aliphatic carbocycles. The molecule has 1 atom stereocenters. The third-order valence-corrected chi connectivity index (χ3v) is 3.42. The van der Waals surface area contributed by atoms with Crippen LogP contribution in [0.3, 0.4) is 0 Å². The van der Waals surface area contributed by atoms with E-state index in [1.54, 1.807) is 12.1 Å². The van der Waals surface area contributed by atoms with Gasteiger partial charge in [0.2, 0.25) is 11.8 Å². The Morgan fingerprint density at radius 3 is 2.24 bits per heavy atom. The number of nitrogens with one attached hydrogen (secondary N) is 2. The van der Waals surface area contributed by atoms with Crippen LogP contribution in [0.15, 0.2) is 48.5 Å². The highest BCUT2D eigenvalue weighted by molar-refractivity contribution is 5.97. The number of carbonyl (C=O) groups excluding carboxylic acids is 2. The number of benzene rings is 2. The van der Waals surface area contributed by atoms with E-state index in [4.69, 9.17) is 0 Å². The van der Waals surface area contributed by atoms with Crippen LogP contribution in [0.25, 0.3) is 0 Å². The molecule has 0 fully saturated rings. The number of phenols is 1. The number of rotatable bonds is 6. The molecule has 0 aromatic heterocycles. The number of carbonyl (C=O) groups is 2. The highest BCUT2D eigenvalue weighted by atomic mass is 16.6. The Balaban J connectivity index is 2.10. The molecule has 0 spiro atoms. The summed E-state index contributed by atoms with van der Waals surface area (Å²) in [6, 6.07) is 10.9. The first kappa shape index (κ1) is 17.9. The summed E-state index contributed by atoms with van der Waals surface area (Å²) in [6.07, 6.45) is 0.235. The molecule has 2 rings (SSSR count). The zero-order valence-electron chi connectivity index (χ0n) is 13.4. The topological polar surface area (TPSA) is 122 Å². The van der Waals surface area contributed by atoms with Crippen molar-refractivity contribution in [1.82, 2.24) is 5.32 Å². The van der Waals surface area contributed by atoms with Gasteiger partial charge in [0.25, 0.3) is 5.69 Å². The zero-order chi connectivity index (χ0) is 18.4. The summed E-state index contributed by atoms with van der Waals surface area (Å²) in [5.41, 5.74) is 1.06. The number of non-ortho nitro benzene ring substituents is 1. The molecular formula is C17H17N3O5. The van der Waals surface area contributed by atoms with Gasteiger partial charge in [-0.05, 0) is 29.8 Å². The Bertz CT molecular complexity index is 772. The minimum absolute atomic E-state index is 0.0829. The molecule has 0 radical (unpaired) electrons. The highest BCUT2D eigenvalue weighted by Gasteiger charge is 2.20. The maximum Gasteiger partial charge on any atom is 0.269 e. The van der Waals surface area contributed by atoms with Crippen LogP contribution in [0, 0.1) is 10.1 Å². The third kappa shape index (κ3) is 5.31. The molecule has 2 amide bonds. The van der Waals surface area contributed by atoms with Crippen molar-refractivity contribution in [2.24, 2.45) is 0 Å². The fourth-order valence-corrected chi connectivity index (χ4v) is 2.22. The van der Waals surface area contributed by atoms with E-state index in [9.17, 15) is 24.8 Å². The molecule has 25 heavy (non-hydrogen) atoms. The summed E-state index contributed by atoms with van der Waals surface area (Å²) in [4.78, 5) is 33.9. The third-order valence-electron chi connectivity index (χ3n) is 3.42. The smallest absolute Gasteiger partial charge is 0.269 e. The van der Waals surface area contributed by atoms with Crippen LogP contribution in [-0.2, 0) is 16.0 Å². The maximum atomic E-state index is 12.4. The molecule has 0 saturated heterocycles. The first-order valence-corrected chi connectivity index (χ1v) is 7.45. The minimum atomic E-state index is -0.822. The lowest BCUT2D eigenvalue weighted by molar-refractivity contribution is -0.384. The van der Waals surface area contributed by atoms with Crippen molar-refractivity contribution in [2.45, 2.75) is 19.4 Å². The molecular weight excluding hydrogens is 326 g/mol. The van der Waals surface area contributed by atoms with Gasteiger partial charge in [0, 0.05) is 31.2 Å². The molecule has 2 aromatic rings. The van der Waals surface area contributed by atoms with Gasteiger partial charge in [0.1, 0.15) is 11.8 Å². The first-order chi connectivity index (χ1) is 11.8. The summed E-state index contributed by atoms with van der Waals surface area (Å²) in [6.45, 7) is 1.31. The van der Waals surface area contributed by atoms with E-state index < -0.39 is 16.9 Å². The lowest BCUT2D eigenvalue weighted by Crippen LogP contribution is -2.44. The van der Waals surface area contributed by atoms with Crippen molar-refractivity contribution < 1.29 is 19.6 Å². The zero-order valence-corrected chi connectivity index (χ0v) is 13.4. The van der Waals surface area contributed by atoms with Crippen LogP contribution < -0.4 is 10.6 Å². The van der Waals surface area contributed by atoms with Crippen molar-refractivity contribution in [3.8, 4) is 5.75 Å². The molecule has 0 heterocycles. The average Bonchev–Trinajstić information content (AvgIpc) is 2.56. The van der Waals surface area contributed by atoms with Crippen LogP contribution in [0.1, 0.15) is 12.5 Å². The second-order valence-electron chi connectivity index (χ2n) is 5.42. The highest BCUT2D eigenvalue weighted by Crippen LogP contribution is 2.16. The lowest BCUT2D eigenvalue weighted by Gasteiger charge is -2.18. The Morgan fingerprint density at radius 1 is 1.12 bits per heavy atom. The normalized spacial score (nSPS) is 11.4. The molecule has 8 heteroatoms. The Labute approximate surface area is 143 Å². The Morgan fingerprint density at radius 2 is 1.72 bits per heavy atom. The summed E-state index contributed by atoms with van der Waals surface area (Å²) in [7, 11) is 0. The number of hydrogen-bond donors (Lipinski definition) is 3. The van der Waals surface area contributed by atoms with Gasteiger partial charge in [-0.1, -0.05) is 12.1 Å². The van der Waals surface area contributed by atoms with E-state index in [1.165, 1.54) is 43.3 Å². The number of hydrogen-bond acceptors (Lipinski definition) is 5. The van der Waals surface area contributed by atoms with Gasteiger partial charge in [-0.15, -0.1) is 0 Å². The fourth-order valence-electron chi connectivity index (χ4n) is 2.22. The standard InChI is InChI=1S/C17H17N3O5/c1-11(21)18-16(10-12-2-8-15(22)9-3-12)17(23)19-13-4-6-14(7-5-13)20(24)25/h2-9,16,22H,10H2,1H3,(H,18,21)(H,19,23). The second kappa shape index (κ2) is 7.91. The minimum Gasteiger partial charge on any atom is -0.508 e. The second-order valence-corrected chi connectivity index (χ2v) is 5.42. The van der Waals surface area contributed by atoms with Crippen LogP contribution in [0.2, 0.25) is 0 Å². The van der Waals surface area contributed by atoms with Gasteiger partial charge in [-0.3, -0.25) is 19.7 Å². The quantitative estimate of drug-likeness (QED) is 0.547. The van der Waals surface area contributed by atoms with Crippen molar-refractivity contribution in [1.29, 1.82) is 0 Å². The molecule has 130 valence electrons. The van der Waals surface area contributed by atoms with E-state index in [0.717, 1.165) is 5.56 Å². The molecule has 2 aromatic carbocycles. The molecule has 0 aliphatic rings. The van der Waals surface area contributed by atoms with Crippen LogP contribution in [-0.4, -0.2) is 27.9 Å². The summed E-state index contributed by atoms with van der Waals surface area (Å²) >= 11 is 0. The first-order valence-electron chi connectivity index (χ1n) is 7.45. The van der Waals surface area contributed by atoms with E-state index in [-0.39, 0.29) is 23.8 Å². The SMILES string of the molecule is CC(=O)NC(Cc1ccc(O)cc1)C(=O)Nc1ccc([N+](=O)[O-])cc1. The van der Waals surface area contributed by atoms with Gasteiger partial charge in [0.15, 0.2) is 0 Å². The fraction of sp³-hybridized carbons (Fsp3) is 0.176. The monoisotopic (exact) mass is 343 g/mol. The predicted molar refractivity (Wildman–Crippen MR) is 91.1 cm³/mol. The molecule has 8 nitrogen and oxygen atoms in total. The molecule has 0 aliphatic heterocycles. The van der Waals surface area contributed by atoms with Crippen LogP contribution in [0.4, 0.5) is 11.4 Å². The van der Waals surface area contributed by atoms with E-state index in [1.807, 2.05) is 0 Å². The van der Waals surface area contributed by atoms with Crippen molar-refractivity contribution in [3.05, 3.63) is 64.2 Å². The van der Waals surface area contributed by atoms with Gasteiger partial charge >= 0.3 is 0 Å². The lowest BCUT2D eigenvalue weighted by atomic mass is 10.0. The summed E-state index contributed by atoms with van der Waals surface area (Å²) in [5.74, 6) is -0.699. The van der Waals surface area contributed by atoms with E-state index in [2.05, 4.69) is 10.6 Å². The van der Waals surface area contributed by atoms with E-state index in [0.29, 0.717) is 5.69 Å². The molecule has 0 bridgehead atoms. The molecule has 1 unspecified atom stereocenters. The number of nitro benzene ring substituents is 1. The Hall–Kier alpha value is -3.42. The van der Waals surface area contributed by atoms with Crippen molar-refractivity contribution >= 4 is 23.2 Å².